The van der Waals surface area contributed by atoms with E-state index in [9.17, 15) is 43.2 Å². The lowest BCUT2D eigenvalue weighted by Crippen LogP contribution is -2.25. The van der Waals surface area contributed by atoms with Crippen LogP contribution in [0.15, 0.2) is 92.9 Å². The fourth-order valence-corrected chi connectivity index (χ4v) is 4.70. The minimum absolute atomic E-state index is 0.199. The van der Waals surface area contributed by atoms with Crippen molar-refractivity contribution in [3.63, 3.8) is 0 Å². The Bertz CT molecular complexity index is 1560. The molecule has 0 spiro atoms. The van der Waals surface area contributed by atoms with Gasteiger partial charge in [0.15, 0.2) is 11.4 Å². The molecule has 0 bridgehead atoms. The van der Waals surface area contributed by atoms with Gasteiger partial charge in [0, 0.05) is 11.1 Å². The summed E-state index contributed by atoms with van der Waals surface area (Å²) in [5, 5.41) is 5.44. The average molecular weight is 641 g/mol. The van der Waals surface area contributed by atoms with Gasteiger partial charge in [-0.1, -0.05) is 16.4 Å². The fourth-order valence-electron chi connectivity index (χ4n) is 3.08. The Morgan fingerprint density at radius 3 is 1.21 bits per heavy atom. The third-order valence-corrected chi connectivity index (χ3v) is 7.30. The maximum Gasteiger partial charge on any atom is 0.437 e. The number of alkyl halides is 6. The van der Waals surface area contributed by atoms with Crippen molar-refractivity contribution in [3.8, 4) is 11.5 Å². The van der Waals surface area contributed by atoms with Gasteiger partial charge < -0.3 is 9.47 Å². The first-order valence-corrected chi connectivity index (χ1v) is 13.9. The zero-order valence-electron chi connectivity index (χ0n) is 21.2. The smallest absolute Gasteiger partial charge is 0.437 e. The molecule has 226 valence electrons. The van der Waals surface area contributed by atoms with Crippen molar-refractivity contribution in [2.75, 3.05) is 14.2 Å². The summed E-state index contributed by atoms with van der Waals surface area (Å²) in [5.41, 5.74) is -4.65. The number of hydrogen-bond donors (Lipinski definition) is 0. The normalized spacial score (nSPS) is 13.4. The second kappa shape index (κ2) is 12.3. The SMILES string of the molecule is COc1ccc(C(=NOS(=O)(=O)c2cccc(S(=O)(=O)ON=C(c3ccc(OC)cc3)C(F)(F)F)c2)C(F)(F)F)cc1. The van der Waals surface area contributed by atoms with Crippen LogP contribution in [-0.4, -0.2) is 54.8 Å². The molecule has 0 saturated heterocycles. The number of benzene rings is 3. The molecule has 0 aliphatic rings. The molecule has 0 atom stereocenters. The zero-order chi connectivity index (χ0) is 31.3. The van der Waals surface area contributed by atoms with Gasteiger partial charge in [0.05, 0.1) is 14.2 Å². The van der Waals surface area contributed by atoms with Crippen LogP contribution in [0.4, 0.5) is 26.3 Å². The first kappa shape index (κ1) is 32.2. The molecule has 0 N–H and O–H groups in total. The summed E-state index contributed by atoms with van der Waals surface area (Å²) < 4.78 is 150. The number of halogens is 6. The lowest BCUT2D eigenvalue weighted by atomic mass is 10.1. The Balaban J connectivity index is 1.92. The summed E-state index contributed by atoms with van der Waals surface area (Å²) in [4.78, 5) is -2.02. The van der Waals surface area contributed by atoms with Gasteiger partial charge in [-0.2, -0.15) is 43.2 Å². The third-order valence-electron chi connectivity index (χ3n) is 5.10. The number of ether oxygens (including phenoxy) is 2. The van der Waals surface area contributed by atoms with Crippen LogP contribution in [0.2, 0.25) is 0 Å². The van der Waals surface area contributed by atoms with E-state index in [4.69, 9.17) is 9.47 Å². The molecule has 0 aromatic heterocycles. The van der Waals surface area contributed by atoms with Gasteiger partial charge in [-0.25, -0.2) is 0 Å². The van der Waals surface area contributed by atoms with E-state index in [0.29, 0.717) is 6.07 Å². The predicted octanol–water partition coefficient (Wildman–Crippen LogP) is 5.05. The Morgan fingerprint density at radius 1 is 0.595 bits per heavy atom. The van der Waals surface area contributed by atoms with Crippen LogP contribution in [0, 0.1) is 0 Å². The summed E-state index contributed by atoms with van der Waals surface area (Å²) in [6.07, 6.45) is -10.4. The predicted molar refractivity (Wildman–Crippen MR) is 134 cm³/mol. The summed E-state index contributed by atoms with van der Waals surface area (Å²) in [5.74, 6) is 0.398. The highest BCUT2D eigenvalue weighted by atomic mass is 32.2. The van der Waals surface area contributed by atoms with Crippen LogP contribution < -0.4 is 9.47 Å². The summed E-state index contributed by atoms with van der Waals surface area (Å²) >= 11 is 0. The number of hydrogen-bond acceptors (Lipinski definition) is 10. The largest absolute Gasteiger partial charge is 0.497 e. The minimum Gasteiger partial charge on any atom is -0.497 e. The van der Waals surface area contributed by atoms with Gasteiger partial charge in [-0.15, -0.1) is 0 Å². The molecule has 10 nitrogen and oxygen atoms in total. The monoisotopic (exact) mass is 640 g/mol. The van der Waals surface area contributed by atoms with Gasteiger partial charge in [0.25, 0.3) is 0 Å². The average Bonchev–Trinajstić information content (AvgIpc) is 2.92. The molecule has 3 rings (SSSR count). The molecule has 0 aliphatic heterocycles. The molecule has 0 radical (unpaired) electrons. The third kappa shape index (κ3) is 7.90. The number of rotatable bonds is 10. The Labute approximate surface area is 235 Å². The molecule has 0 saturated carbocycles. The molecule has 42 heavy (non-hydrogen) atoms. The van der Waals surface area contributed by atoms with E-state index in [2.05, 4.69) is 18.9 Å². The van der Waals surface area contributed by atoms with Gasteiger partial charge in [0.1, 0.15) is 21.3 Å². The van der Waals surface area contributed by atoms with Crippen molar-refractivity contribution in [1.29, 1.82) is 0 Å². The van der Waals surface area contributed by atoms with E-state index in [1.54, 1.807) is 0 Å². The van der Waals surface area contributed by atoms with Crippen LogP contribution in [0.3, 0.4) is 0 Å². The van der Waals surface area contributed by atoms with Crippen LogP contribution in [0.5, 0.6) is 11.5 Å². The Kier molecular flexibility index (Phi) is 9.41. The van der Waals surface area contributed by atoms with E-state index >= 15 is 0 Å². The Morgan fingerprint density at radius 2 is 0.929 bits per heavy atom. The van der Waals surface area contributed by atoms with E-state index in [1.807, 2.05) is 0 Å². The van der Waals surface area contributed by atoms with Gasteiger partial charge in [-0.05, 0) is 66.7 Å². The fraction of sp³-hybridized carbons (Fsp3) is 0.167. The summed E-state index contributed by atoms with van der Waals surface area (Å²) in [6, 6.07) is 11.0. The molecule has 18 heteroatoms. The van der Waals surface area contributed by atoms with Crippen molar-refractivity contribution in [2.24, 2.45) is 10.3 Å². The first-order chi connectivity index (χ1) is 19.5. The van der Waals surface area contributed by atoms with Crippen LogP contribution in [0.25, 0.3) is 0 Å². The van der Waals surface area contributed by atoms with E-state index in [0.717, 1.165) is 66.7 Å². The van der Waals surface area contributed by atoms with Gasteiger partial charge in [-0.3, -0.25) is 8.57 Å². The minimum atomic E-state index is -5.18. The lowest BCUT2D eigenvalue weighted by molar-refractivity contribution is -0.0606. The molecule has 0 fully saturated rings. The molecule has 3 aromatic carbocycles. The second-order valence-electron chi connectivity index (χ2n) is 7.86. The van der Waals surface area contributed by atoms with Crippen molar-refractivity contribution in [3.05, 3.63) is 83.9 Å². The molecule has 0 aliphatic carbocycles. The number of methoxy groups -OCH3 is 2. The highest BCUT2D eigenvalue weighted by Gasteiger charge is 2.40. The Hall–Kier alpha value is -4.32. The van der Waals surface area contributed by atoms with E-state index in [-0.39, 0.29) is 11.5 Å². The van der Waals surface area contributed by atoms with Crippen molar-refractivity contribution < 1.29 is 61.2 Å². The van der Waals surface area contributed by atoms with Crippen molar-refractivity contribution in [1.82, 2.24) is 0 Å². The van der Waals surface area contributed by atoms with Crippen molar-refractivity contribution in [2.45, 2.75) is 22.1 Å². The highest BCUT2D eigenvalue weighted by molar-refractivity contribution is 7.87. The van der Waals surface area contributed by atoms with Crippen LogP contribution in [0.1, 0.15) is 11.1 Å². The van der Waals surface area contributed by atoms with Gasteiger partial charge >= 0.3 is 32.6 Å². The zero-order valence-corrected chi connectivity index (χ0v) is 22.8. The molecule has 3 aromatic rings. The highest BCUT2D eigenvalue weighted by Crippen LogP contribution is 2.28. The van der Waals surface area contributed by atoms with Crippen molar-refractivity contribution >= 4 is 31.7 Å². The van der Waals surface area contributed by atoms with E-state index < -0.39 is 64.9 Å². The lowest BCUT2D eigenvalue weighted by Gasteiger charge is -2.12. The molecule has 0 heterocycles. The molecular formula is C24H18F6N2O8S2. The molecule has 0 amide bonds. The van der Waals surface area contributed by atoms with Crippen LogP contribution in [-0.2, 0) is 28.8 Å². The van der Waals surface area contributed by atoms with Gasteiger partial charge in [0.2, 0.25) is 0 Å². The topological polar surface area (TPSA) is 130 Å². The quantitative estimate of drug-likeness (QED) is 0.171. The summed E-state index contributed by atoms with van der Waals surface area (Å²) in [7, 11) is -7.83. The standard InChI is InChI=1S/C24H18F6N2O8S2/c1-37-17-10-6-15(7-11-17)21(23(25,26)27)31-39-41(33,34)19-4-3-5-20(14-19)42(35,36)40-32-22(24(28,29)30)16-8-12-18(38-2)13-9-16/h3-14H,1-2H3. The first-order valence-electron chi connectivity index (χ1n) is 11.0. The number of oxime groups is 2. The maximum atomic E-state index is 13.5. The van der Waals surface area contributed by atoms with E-state index in [1.165, 1.54) is 14.2 Å². The second-order valence-corrected chi connectivity index (χ2v) is 10.9. The maximum absolute atomic E-state index is 13.5. The number of nitrogens with zero attached hydrogens (tertiary/aromatic N) is 2. The molecular weight excluding hydrogens is 622 g/mol. The summed E-state index contributed by atoms with van der Waals surface area (Å²) in [6.45, 7) is 0. The van der Waals surface area contributed by atoms with Crippen LogP contribution >= 0.6 is 0 Å². The molecule has 0 unspecified atom stereocenters.